The van der Waals surface area contributed by atoms with Gasteiger partial charge in [0, 0.05) is 18.6 Å². The molecule has 2 saturated carbocycles. The van der Waals surface area contributed by atoms with Crippen molar-refractivity contribution in [3.8, 4) is 0 Å². The number of amides is 1. The van der Waals surface area contributed by atoms with E-state index in [1.807, 2.05) is 0 Å². The Balaban J connectivity index is 1.67. The second-order valence-electron chi connectivity index (χ2n) is 7.35. The Morgan fingerprint density at radius 3 is 2.21 bits per heavy atom. The zero-order chi connectivity index (χ0) is 13.5. The van der Waals surface area contributed by atoms with Crippen LogP contribution < -0.4 is 5.73 Å². The molecule has 1 heterocycles. The van der Waals surface area contributed by atoms with E-state index in [4.69, 9.17) is 5.73 Å². The van der Waals surface area contributed by atoms with E-state index < -0.39 is 0 Å². The lowest BCUT2D eigenvalue weighted by atomic mass is 9.74. The van der Waals surface area contributed by atoms with Crippen molar-refractivity contribution in [2.75, 3.05) is 13.1 Å². The average molecular weight is 264 g/mol. The van der Waals surface area contributed by atoms with Crippen molar-refractivity contribution in [3.05, 3.63) is 0 Å². The van der Waals surface area contributed by atoms with Crippen LogP contribution in [0.3, 0.4) is 0 Å². The van der Waals surface area contributed by atoms with Crippen LogP contribution >= 0.6 is 0 Å². The van der Waals surface area contributed by atoms with Gasteiger partial charge in [-0.25, -0.2) is 0 Å². The van der Waals surface area contributed by atoms with Gasteiger partial charge in [-0.1, -0.05) is 25.7 Å². The predicted molar refractivity (Wildman–Crippen MR) is 76.6 cm³/mol. The summed E-state index contributed by atoms with van der Waals surface area (Å²) in [6.07, 6.45) is 9.74. The molecule has 1 aliphatic heterocycles. The molecule has 4 atom stereocenters. The molecule has 3 fully saturated rings. The minimum absolute atomic E-state index is 0.0707. The Kier molecular flexibility index (Phi) is 3.59. The third-order valence-corrected chi connectivity index (χ3v) is 5.84. The molecule has 3 aliphatic rings. The molecule has 4 unspecified atom stereocenters. The van der Waals surface area contributed by atoms with E-state index in [1.165, 1.54) is 38.5 Å². The van der Waals surface area contributed by atoms with Gasteiger partial charge < -0.3 is 10.6 Å². The van der Waals surface area contributed by atoms with Crippen LogP contribution in [-0.4, -0.2) is 29.4 Å². The highest BCUT2D eigenvalue weighted by molar-refractivity contribution is 5.80. The largest absolute Gasteiger partial charge is 0.342 e. The fourth-order valence-corrected chi connectivity index (χ4v) is 4.57. The molecular weight excluding hydrogens is 236 g/mol. The summed E-state index contributed by atoms with van der Waals surface area (Å²) < 4.78 is 0. The molecule has 1 saturated heterocycles. The van der Waals surface area contributed by atoms with Crippen LogP contribution in [0.25, 0.3) is 0 Å². The monoisotopic (exact) mass is 264 g/mol. The highest BCUT2D eigenvalue weighted by Gasteiger charge is 2.43. The summed E-state index contributed by atoms with van der Waals surface area (Å²) in [6.45, 7) is 4.10. The van der Waals surface area contributed by atoms with Crippen molar-refractivity contribution in [2.24, 2.45) is 23.5 Å². The number of carbonyl (C=O) groups excluding carboxylic acids is 1. The van der Waals surface area contributed by atoms with E-state index >= 15 is 0 Å². The lowest BCUT2D eigenvalue weighted by Crippen LogP contribution is -2.53. The number of hydrogen-bond acceptors (Lipinski definition) is 2. The van der Waals surface area contributed by atoms with Gasteiger partial charge in [-0.05, 0) is 44.4 Å². The summed E-state index contributed by atoms with van der Waals surface area (Å²) in [5.74, 6) is 2.00. The summed E-state index contributed by atoms with van der Waals surface area (Å²) in [6, 6.07) is 0. The number of nitrogens with two attached hydrogens (primary N) is 1. The minimum Gasteiger partial charge on any atom is -0.342 e. The van der Waals surface area contributed by atoms with Crippen molar-refractivity contribution in [3.63, 3.8) is 0 Å². The lowest BCUT2D eigenvalue weighted by Gasteiger charge is -2.39. The minimum atomic E-state index is -0.275. The van der Waals surface area contributed by atoms with Gasteiger partial charge in [0.05, 0.1) is 5.92 Å². The summed E-state index contributed by atoms with van der Waals surface area (Å²) in [5.41, 5.74) is 6.12. The van der Waals surface area contributed by atoms with Gasteiger partial charge in [-0.2, -0.15) is 0 Å². The fraction of sp³-hybridized carbons (Fsp3) is 0.938. The first-order valence-electron chi connectivity index (χ1n) is 8.15. The van der Waals surface area contributed by atoms with E-state index in [-0.39, 0.29) is 11.5 Å². The normalized spacial score (nSPS) is 43.1. The fourth-order valence-electron chi connectivity index (χ4n) is 4.57. The van der Waals surface area contributed by atoms with Crippen LogP contribution in [0.1, 0.15) is 58.3 Å². The highest BCUT2D eigenvalue weighted by atomic mass is 16.2. The number of rotatable bonds is 1. The SMILES string of the molecule is CC1(N)CCCCC1C(=O)N1CC2CCCCC2C1. The van der Waals surface area contributed by atoms with Gasteiger partial charge >= 0.3 is 0 Å². The maximum Gasteiger partial charge on any atom is 0.227 e. The number of carbonyl (C=O) groups is 1. The Morgan fingerprint density at radius 2 is 1.63 bits per heavy atom. The molecule has 0 aromatic heterocycles. The third-order valence-electron chi connectivity index (χ3n) is 5.84. The van der Waals surface area contributed by atoms with E-state index in [0.717, 1.165) is 37.8 Å². The van der Waals surface area contributed by atoms with E-state index in [0.29, 0.717) is 5.91 Å². The Morgan fingerprint density at radius 1 is 1.05 bits per heavy atom. The molecule has 0 bridgehead atoms. The molecule has 1 amide bonds. The van der Waals surface area contributed by atoms with Crippen LogP contribution in [0.15, 0.2) is 0 Å². The number of hydrogen-bond donors (Lipinski definition) is 1. The van der Waals surface area contributed by atoms with Gasteiger partial charge in [0.25, 0.3) is 0 Å². The van der Waals surface area contributed by atoms with Gasteiger partial charge in [0.15, 0.2) is 0 Å². The quantitative estimate of drug-likeness (QED) is 0.791. The van der Waals surface area contributed by atoms with Gasteiger partial charge in [-0.15, -0.1) is 0 Å². The first kappa shape index (κ1) is 13.4. The van der Waals surface area contributed by atoms with Gasteiger partial charge in [-0.3, -0.25) is 4.79 Å². The van der Waals surface area contributed by atoms with Crippen molar-refractivity contribution in [1.82, 2.24) is 4.90 Å². The molecule has 0 aromatic rings. The van der Waals surface area contributed by atoms with Crippen LogP contribution in [0.5, 0.6) is 0 Å². The predicted octanol–water partition coefficient (Wildman–Crippen LogP) is 2.54. The van der Waals surface area contributed by atoms with Crippen molar-refractivity contribution in [2.45, 2.75) is 63.8 Å². The van der Waals surface area contributed by atoms with Crippen LogP contribution in [-0.2, 0) is 4.79 Å². The summed E-state index contributed by atoms with van der Waals surface area (Å²) >= 11 is 0. The molecule has 2 aliphatic carbocycles. The maximum atomic E-state index is 12.8. The highest BCUT2D eigenvalue weighted by Crippen LogP contribution is 2.39. The number of likely N-dealkylation sites (tertiary alicyclic amines) is 1. The summed E-state index contributed by atoms with van der Waals surface area (Å²) in [7, 11) is 0. The summed E-state index contributed by atoms with van der Waals surface area (Å²) in [4.78, 5) is 15.0. The molecule has 108 valence electrons. The molecule has 0 aromatic carbocycles. The first-order valence-corrected chi connectivity index (χ1v) is 8.15. The topological polar surface area (TPSA) is 46.3 Å². The van der Waals surface area contributed by atoms with E-state index in [9.17, 15) is 4.79 Å². The molecule has 3 rings (SSSR count). The van der Waals surface area contributed by atoms with Gasteiger partial charge in [0.1, 0.15) is 0 Å². The lowest BCUT2D eigenvalue weighted by molar-refractivity contribution is -0.138. The molecular formula is C16H28N2O. The maximum absolute atomic E-state index is 12.8. The van der Waals surface area contributed by atoms with Crippen molar-refractivity contribution < 1.29 is 4.79 Å². The van der Waals surface area contributed by atoms with Crippen molar-refractivity contribution >= 4 is 5.91 Å². The zero-order valence-electron chi connectivity index (χ0n) is 12.2. The summed E-state index contributed by atoms with van der Waals surface area (Å²) in [5, 5.41) is 0. The Hall–Kier alpha value is -0.570. The van der Waals surface area contributed by atoms with Crippen LogP contribution in [0.2, 0.25) is 0 Å². The molecule has 19 heavy (non-hydrogen) atoms. The number of fused-ring (bicyclic) bond motifs is 1. The number of nitrogens with zero attached hydrogens (tertiary/aromatic N) is 1. The van der Waals surface area contributed by atoms with Crippen LogP contribution in [0.4, 0.5) is 0 Å². The zero-order valence-corrected chi connectivity index (χ0v) is 12.2. The average Bonchev–Trinajstić information content (AvgIpc) is 2.81. The Bertz CT molecular complexity index is 339. The third kappa shape index (κ3) is 2.54. The second kappa shape index (κ2) is 5.08. The molecule has 3 nitrogen and oxygen atoms in total. The van der Waals surface area contributed by atoms with Crippen LogP contribution in [0, 0.1) is 17.8 Å². The van der Waals surface area contributed by atoms with Gasteiger partial charge in [0.2, 0.25) is 5.91 Å². The second-order valence-corrected chi connectivity index (χ2v) is 7.35. The first-order chi connectivity index (χ1) is 9.08. The van der Waals surface area contributed by atoms with E-state index in [1.54, 1.807) is 0 Å². The smallest absolute Gasteiger partial charge is 0.227 e. The van der Waals surface area contributed by atoms with E-state index in [2.05, 4.69) is 11.8 Å². The molecule has 0 radical (unpaired) electrons. The molecule has 0 spiro atoms. The Labute approximate surface area is 116 Å². The van der Waals surface area contributed by atoms with Crippen molar-refractivity contribution in [1.29, 1.82) is 0 Å². The molecule has 2 N–H and O–H groups in total. The molecule has 3 heteroatoms. The standard InChI is InChI=1S/C16H28N2O/c1-16(17)9-5-4-8-14(16)15(19)18-10-12-6-2-3-7-13(12)11-18/h12-14H,2-11,17H2,1H3.